The van der Waals surface area contributed by atoms with Crippen LogP contribution in [-0.2, 0) is 26.0 Å². The van der Waals surface area contributed by atoms with Gasteiger partial charge < -0.3 is 13.9 Å². The topological polar surface area (TPSA) is 72.2 Å². The molecule has 2 fully saturated rings. The van der Waals surface area contributed by atoms with E-state index in [-0.39, 0.29) is 0 Å². The molecular formula is C14H22N2O5S. The highest BCUT2D eigenvalue weighted by atomic mass is 32.2. The number of hydrogen-bond donors (Lipinski definition) is 0. The first kappa shape index (κ1) is 15.9. The molecule has 7 nitrogen and oxygen atoms in total. The molecule has 0 saturated carbocycles. The number of hydrogen-bond acceptors (Lipinski definition) is 6. The minimum absolute atomic E-state index is 0.341. The average Bonchev–Trinajstić information content (AvgIpc) is 2.86. The van der Waals surface area contributed by atoms with E-state index in [0.29, 0.717) is 39.5 Å². The molecule has 22 heavy (non-hydrogen) atoms. The molecule has 124 valence electrons. The fraction of sp³-hybridized carbons (Fsp3) is 0.714. The Labute approximate surface area is 130 Å². The molecule has 0 aromatic carbocycles. The molecule has 1 atom stereocenters. The summed E-state index contributed by atoms with van der Waals surface area (Å²) in [6.45, 7) is 4.33. The third kappa shape index (κ3) is 3.69. The second-order valence-electron chi connectivity index (χ2n) is 6.02. The fourth-order valence-corrected chi connectivity index (χ4v) is 3.91. The molecule has 0 N–H and O–H groups in total. The van der Waals surface area contributed by atoms with Gasteiger partial charge in [-0.25, -0.2) is 8.42 Å². The number of nitrogens with zero attached hydrogens (tertiary/aromatic N) is 2. The van der Waals surface area contributed by atoms with Crippen molar-refractivity contribution in [2.24, 2.45) is 0 Å². The summed E-state index contributed by atoms with van der Waals surface area (Å²) >= 11 is 0. The van der Waals surface area contributed by atoms with Crippen molar-refractivity contribution in [3.8, 4) is 0 Å². The Morgan fingerprint density at radius 3 is 2.86 bits per heavy atom. The zero-order chi connectivity index (χ0) is 15.6. The molecule has 1 aromatic rings. The van der Waals surface area contributed by atoms with E-state index < -0.39 is 15.6 Å². The van der Waals surface area contributed by atoms with Gasteiger partial charge in [-0.15, -0.1) is 0 Å². The first-order valence-corrected chi connectivity index (χ1v) is 9.22. The number of furan rings is 1. The SMILES string of the molecule is CS(=O)(=O)N1CCOCC2(CN(Cc3ccoc3)CCO2)C1. The molecular weight excluding hydrogens is 308 g/mol. The maximum absolute atomic E-state index is 11.9. The van der Waals surface area contributed by atoms with Crippen LogP contribution in [0.1, 0.15) is 5.56 Å². The Morgan fingerprint density at radius 2 is 2.14 bits per heavy atom. The highest BCUT2D eigenvalue weighted by molar-refractivity contribution is 7.88. The van der Waals surface area contributed by atoms with Gasteiger partial charge in [0.2, 0.25) is 10.0 Å². The number of sulfonamides is 1. The third-order valence-electron chi connectivity index (χ3n) is 4.10. The van der Waals surface area contributed by atoms with Crippen molar-refractivity contribution in [2.45, 2.75) is 12.1 Å². The average molecular weight is 330 g/mol. The van der Waals surface area contributed by atoms with Gasteiger partial charge in [-0.1, -0.05) is 0 Å². The Morgan fingerprint density at radius 1 is 1.27 bits per heavy atom. The van der Waals surface area contributed by atoms with Crippen LogP contribution in [0.25, 0.3) is 0 Å². The van der Waals surface area contributed by atoms with Gasteiger partial charge in [0.05, 0.1) is 38.6 Å². The van der Waals surface area contributed by atoms with Crippen LogP contribution in [0.2, 0.25) is 0 Å². The van der Waals surface area contributed by atoms with Gasteiger partial charge in [0.25, 0.3) is 0 Å². The van der Waals surface area contributed by atoms with Crippen LogP contribution < -0.4 is 0 Å². The first-order valence-electron chi connectivity index (χ1n) is 7.37. The molecule has 0 aliphatic carbocycles. The molecule has 3 rings (SSSR count). The molecule has 2 saturated heterocycles. The molecule has 1 aromatic heterocycles. The lowest BCUT2D eigenvalue weighted by Crippen LogP contribution is -2.58. The van der Waals surface area contributed by atoms with Crippen LogP contribution in [-0.4, -0.2) is 75.5 Å². The predicted molar refractivity (Wildman–Crippen MR) is 79.9 cm³/mol. The summed E-state index contributed by atoms with van der Waals surface area (Å²) in [4.78, 5) is 2.25. The van der Waals surface area contributed by atoms with Crippen molar-refractivity contribution >= 4 is 10.0 Å². The molecule has 2 aliphatic rings. The van der Waals surface area contributed by atoms with Crippen LogP contribution in [0.5, 0.6) is 0 Å². The second kappa shape index (κ2) is 6.29. The summed E-state index contributed by atoms with van der Waals surface area (Å²) in [7, 11) is -3.25. The molecule has 1 spiro atoms. The lowest BCUT2D eigenvalue weighted by Gasteiger charge is -2.42. The number of rotatable bonds is 3. The first-order chi connectivity index (χ1) is 10.5. The monoisotopic (exact) mass is 330 g/mol. The number of morpholine rings is 1. The summed E-state index contributed by atoms with van der Waals surface area (Å²) in [5, 5.41) is 0. The van der Waals surface area contributed by atoms with E-state index in [1.165, 1.54) is 10.6 Å². The van der Waals surface area contributed by atoms with E-state index in [0.717, 1.165) is 18.7 Å². The van der Waals surface area contributed by atoms with Crippen molar-refractivity contribution in [3.05, 3.63) is 24.2 Å². The minimum atomic E-state index is -3.25. The quantitative estimate of drug-likeness (QED) is 0.785. The second-order valence-corrected chi connectivity index (χ2v) is 8.01. The fourth-order valence-electron chi connectivity index (χ4n) is 3.04. The Balaban J connectivity index is 1.72. The van der Waals surface area contributed by atoms with Crippen LogP contribution in [0, 0.1) is 0 Å². The van der Waals surface area contributed by atoms with Crippen LogP contribution in [0.4, 0.5) is 0 Å². The van der Waals surface area contributed by atoms with Crippen LogP contribution >= 0.6 is 0 Å². The van der Waals surface area contributed by atoms with Gasteiger partial charge in [-0.2, -0.15) is 4.31 Å². The lowest BCUT2D eigenvalue weighted by molar-refractivity contribution is -0.139. The van der Waals surface area contributed by atoms with Gasteiger partial charge in [-0.05, 0) is 6.07 Å². The van der Waals surface area contributed by atoms with E-state index in [1.54, 1.807) is 12.5 Å². The third-order valence-corrected chi connectivity index (χ3v) is 5.35. The maximum atomic E-state index is 11.9. The molecule has 3 heterocycles. The predicted octanol–water partition coefficient (Wildman–Crippen LogP) is 0.142. The van der Waals surface area contributed by atoms with E-state index in [2.05, 4.69) is 4.90 Å². The molecule has 0 radical (unpaired) electrons. The van der Waals surface area contributed by atoms with Gasteiger partial charge in [0.1, 0.15) is 5.60 Å². The smallest absolute Gasteiger partial charge is 0.211 e. The summed E-state index contributed by atoms with van der Waals surface area (Å²) in [5.41, 5.74) is 0.508. The standard InChI is InChI=1S/C14H22N2O5S/c1-22(17,18)16-4-6-20-12-14(11-16)10-15(3-7-21-14)8-13-2-5-19-9-13/h2,5,9H,3-4,6-8,10-12H2,1H3. The maximum Gasteiger partial charge on any atom is 0.211 e. The molecule has 2 aliphatic heterocycles. The van der Waals surface area contributed by atoms with E-state index in [9.17, 15) is 8.42 Å². The summed E-state index contributed by atoms with van der Waals surface area (Å²) < 4.78 is 41.9. The molecule has 8 heteroatoms. The molecule has 0 amide bonds. The number of ether oxygens (including phenoxy) is 2. The van der Waals surface area contributed by atoms with E-state index in [4.69, 9.17) is 13.9 Å². The molecule has 1 unspecified atom stereocenters. The van der Waals surface area contributed by atoms with E-state index >= 15 is 0 Å². The van der Waals surface area contributed by atoms with Crippen molar-refractivity contribution < 1.29 is 22.3 Å². The van der Waals surface area contributed by atoms with Crippen molar-refractivity contribution in [2.75, 3.05) is 52.3 Å². The van der Waals surface area contributed by atoms with Gasteiger partial charge >= 0.3 is 0 Å². The summed E-state index contributed by atoms with van der Waals surface area (Å²) in [5.74, 6) is 0. The zero-order valence-corrected chi connectivity index (χ0v) is 13.5. The van der Waals surface area contributed by atoms with Crippen LogP contribution in [0.15, 0.2) is 23.0 Å². The van der Waals surface area contributed by atoms with Gasteiger partial charge in [-0.3, -0.25) is 4.90 Å². The normalized spacial score (nSPS) is 28.8. The zero-order valence-electron chi connectivity index (χ0n) is 12.7. The highest BCUT2D eigenvalue weighted by Gasteiger charge is 2.42. The largest absolute Gasteiger partial charge is 0.472 e. The molecule has 0 bridgehead atoms. The lowest BCUT2D eigenvalue weighted by atomic mass is 10.0. The van der Waals surface area contributed by atoms with Gasteiger partial charge in [0, 0.05) is 38.3 Å². The van der Waals surface area contributed by atoms with Gasteiger partial charge in [0.15, 0.2) is 0 Å². The van der Waals surface area contributed by atoms with Crippen LogP contribution in [0.3, 0.4) is 0 Å². The highest BCUT2D eigenvalue weighted by Crippen LogP contribution is 2.24. The Kier molecular flexibility index (Phi) is 4.56. The van der Waals surface area contributed by atoms with Crippen molar-refractivity contribution in [3.63, 3.8) is 0 Å². The summed E-state index contributed by atoms with van der Waals surface area (Å²) in [6, 6.07) is 1.94. The van der Waals surface area contributed by atoms with Crippen molar-refractivity contribution in [1.29, 1.82) is 0 Å². The van der Waals surface area contributed by atoms with E-state index in [1.807, 2.05) is 6.07 Å². The Bertz CT molecular complexity index is 588. The van der Waals surface area contributed by atoms with Crippen molar-refractivity contribution in [1.82, 2.24) is 9.21 Å². The Hall–Kier alpha value is -0.930. The summed E-state index contributed by atoms with van der Waals surface area (Å²) in [6.07, 6.45) is 4.62. The minimum Gasteiger partial charge on any atom is -0.472 e.